The molecule has 1 aromatic heterocycles. The van der Waals surface area contributed by atoms with Gasteiger partial charge in [0, 0.05) is 4.47 Å². The standard InChI is InChI=1S/C15H11BrClN3O/c16-11-4-2-1-3-10(11)15-20-12-7-9(19-14(18)8-17)5-6-13(12)21-15/h1-7H,8H2,(H2,18,19). The van der Waals surface area contributed by atoms with E-state index in [9.17, 15) is 0 Å². The van der Waals surface area contributed by atoms with Crippen LogP contribution in [0.25, 0.3) is 22.6 Å². The maximum Gasteiger partial charge on any atom is 0.228 e. The zero-order valence-electron chi connectivity index (χ0n) is 10.9. The molecule has 21 heavy (non-hydrogen) atoms. The molecule has 0 atom stereocenters. The van der Waals surface area contributed by atoms with Gasteiger partial charge in [-0.3, -0.25) is 0 Å². The van der Waals surface area contributed by atoms with Crippen molar-refractivity contribution in [2.45, 2.75) is 0 Å². The zero-order valence-corrected chi connectivity index (χ0v) is 13.2. The summed E-state index contributed by atoms with van der Waals surface area (Å²) < 4.78 is 6.71. The number of aliphatic imine (C=N–C) groups is 1. The summed E-state index contributed by atoms with van der Waals surface area (Å²) in [6.45, 7) is 0. The van der Waals surface area contributed by atoms with Crippen LogP contribution < -0.4 is 5.73 Å². The van der Waals surface area contributed by atoms with Crippen LogP contribution in [0.1, 0.15) is 0 Å². The van der Waals surface area contributed by atoms with Gasteiger partial charge in [0.05, 0.1) is 17.1 Å². The van der Waals surface area contributed by atoms with Gasteiger partial charge in [-0.15, -0.1) is 11.6 Å². The molecule has 0 saturated carbocycles. The third kappa shape index (κ3) is 2.94. The van der Waals surface area contributed by atoms with E-state index in [0.29, 0.717) is 23.0 Å². The molecule has 0 radical (unpaired) electrons. The summed E-state index contributed by atoms with van der Waals surface area (Å²) in [6.07, 6.45) is 0. The molecular formula is C15H11BrClN3O. The summed E-state index contributed by atoms with van der Waals surface area (Å²) in [5.41, 5.74) is 8.66. The summed E-state index contributed by atoms with van der Waals surface area (Å²) in [5, 5.41) is 0. The molecule has 0 aliphatic rings. The highest BCUT2D eigenvalue weighted by Gasteiger charge is 2.11. The number of oxazole rings is 1. The largest absolute Gasteiger partial charge is 0.436 e. The summed E-state index contributed by atoms with van der Waals surface area (Å²) in [6, 6.07) is 13.2. The lowest BCUT2D eigenvalue weighted by atomic mass is 10.2. The van der Waals surface area contributed by atoms with Crippen LogP contribution in [0.3, 0.4) is 0 Å². The molecule has 1 heterocycles. The Labute approximate surface area is 134 Å². The maximum atomic E-state index is 5.77. The van der Waals surface area contributed by atoms with Crippen molar-refractivity contribution in [1.82, 2.24) is 4.98 Å². The predicted octanol–water partition coefficient (Wildman–Crippen LogP) is 4.48. The minimum atomic E-state index is 0.194. The second-order valence-electron chi connectivity index (χ2n) is 4.39. The fraction of sp³-hybridized carbons (Fsp3) is 0.0667. The fourth-order valence-electron chi connectivity index (χ4n) is 1.93. The first-order chi connectivity index (χ1) is 10.2. The van der Waals surface area contributed by atoms with Gasteiger partial charge in [0.15, 0.2) is 5.58 Å². The van der Waals surface area contributed by atoms with Gasteiger partial charge < -0.3 is 10.2 Å². The minimum absolute atomic E-state index is 0.194. The fourth-order valence-corrected chi connectivity index (χ4v) is 2.45. The topological polar surface area (TPSA) is 64.4 Å². The minimum Gasteiger partial charge on any atom is -0.436 e. The van der Waals surface area contributed by atoms with Crippen LogP contribution in [0.15, 0.2) is 56.3 Å². The van der Waals surface area contributed by atoms with Crippen LogP contribution in [-0.4, -0.2) is 16.7 Å². The molecule has 106 valence electrons. The molecule has 0 saturated heterocycles. The van der Waals surface area contributed by atoms with Crippen LogP contribution >= 0.6 is 27.5 Å². The Balaban J connectivity index is 2.07. The SMILES string of the molecule is NC(CCl)=Nc1ccc2oc(-c3ccccc3Br)nc2c1. The number of fused-ring (bicyclic) bond motifs is 1. The quantitative estimate of drug-likeness (QED) is 0.423. The summed E-state index contributed by atoms with van der Waals surface area (Å²) in [7, 11) is 0. The van der Waals surface area contributed by atoms with Gasteiger partial charge in [0.25, 0.3) is 0 Å². The second-order valence-corrected chi connectivity index (χ2v) is 5.51. The molecule has 0 amide bonds. The van der Waals surface area contributed by atoms with E-state index in [1.54, 1.807) is 0 Å². The molecule has 0 aliphatic carbocycles. The highest BCUT2D eigenvalue weighted by atomic mass is 79.9. The monoisotopic (exact) mass is 363 g/mol. The number of rotatable bonds is 3. The van der Waals surface area contributed by atoms with E-state index in [1.807, 2.05) is 42.5 Å². The molecule has 3 aromatic rings. The van der Waals surface area contributed by atoms with E-state index in [0.717, 1.165) is 15.6 Å². The van der Waals surface area contributed by atoms with Crippen molar-refractivity contribution >= 4 is 50.2 Å². The lowest BCUT2D eigenvalue weighted by Crippen LogP contribution is -2.12. The van der Waals surface area contributed by atoms with E-state index in [1.165, 1.54) is 0 Å². The highest BCUT2D eigenvalue weighted by Crippen LogP contribution is 2.31. The van der Waals surface area contributed by atoms with E-state index < -0.39 is 0 Å². The van der Waals surface area contributed by atoms with Crippen molar-refractivity contribution in [2.24, 2.45) is 10.7 Å². The van der Waals surface area contributed by atoms with Crippen molar-refractivity contribution in [1.29, 1.82) is 0 Å². The molecule has 4 nitrogen and oxygen atoms in total. The van der Waals surface area contributed by atoms with Crippen LogP contribution in [0.2, 0.25) is 0 Å². The number of nitrogens with two attached hydrogens (primary N) is 1. The smallest absolute Gasteiger partial charge is 0.228 e. The summed E-state index contributed by atoms with van der Waals surface area (Å²) >= 11 is 9.12. The molecule has 0 spiro atoms. The number of hydrogen-bond acceptors (Lipinski definition) is 3. The maximum absolute atomic E-state index is 5.77. The average Bonchev–Trinajstić information content (AvgIpc) is 2.90. The van der Waals surface area contributed by atoms with Crippen LogP contribution in [0, 0.1) is 0 Å². The number of halogens is 2. The first-order valence-electron chi connectivity index (χ1n) is 6.22. The van der Waals surface area contributed by atoms with Gasteiger partial charge in [-0.1, -0.05) is 12.1 Å². The Bertz CT molecular complexity index is 829. The lowest BCUT2D eigenvalue weighted by molar-refractivity contribution is 0.619. The Morgan fingerprint density at radius 1 is 1.29 bits per heavy atom. The average molecular weight is 365 g/mol. The van der Waals surface area contributed by atoms with Gasteiger partial charge in [-0.25, -0.2) is 9.98 Å². The van der Waals surface area contributed by atoms with Gasteiger partial charge >= 0.3 is 0 Å². The van der Waals surface area contributed by atoms with Gasteiger partial charge in [0.2, 0.25) is 5.89 Å². The van der Waals surface area contributed by atoms with Crippen LogP contribution in [0.5, 0.6) is 0 Å². The molecule has 0 aliphatic heterocycles. The normalized spacial score (nSPS) is 12.0. The Morgan fingerprint density at radius 2 is 2.10 bits per heavy atom. The van der Waals surface area contributed by atoms with Gasteiger partial charge in [-0.05, 0) is 46.3 Å². The van der Waals surface area contributed by atoms with Crippen molar-refractivity contribution < 1.29 is 4.42 Å². The molecule has 2 N–H and O–H groups in total. The molecule has 0 unspecified atom stereocenters. The second kappa shape index (κ2) is 5.87. The number of nitrogens with zero attached hydrogens (tertiary/aromatic N) is 2. The Hall–Kier alpha value is -1.85. The van der Waals surface area contributed by atoms with Crippen molar-refractivity contribution in [2.75, 3.05) is 5.88 Å². The van der Waals surface area contributed by atoms with Crippen molar-refractivity contribution in [3.8, 4) is 11.5 Å². The third-order valence-electron chi connectivity index (χ3n) is 2.89. The third-order valence-corrected chi connectivity index (χ3v) is 3.85. The van der Waals surface area contributed by atoms with Crippen molar-refractivity contribution in [3.05, 3.63) is 46.9 Å². The zero-order chi connectivity index (χ0) is 14.8. The Morgan fingerprint density at radius 3 is 2.86 bits per heavy atom. The molecule has 6 heteroatoms. The molecule has 0 bridgehead atoms. The van der Waals surface area contributed by atoms with E-state index in [4.69, 9.17) is 21.8 Å². The first-order valence-corrected chi connectivity index (χ1v) is 7.54. The Kier molecular flexibility index (Phi) is 3.94. The molecular weight excluding hydrogens is 354 g/mol. The summed E-state index contributed by atoms with van der Waals surface area (Å²) in [4.78, 5) is 8.70. The first kappa shape index (κ1) is 14.1. The van der Waals surface area contributed by atoms with E-state index in [-0.39, 0.29) is 5.88 Å². The van der Waals surface area contributed by atoms with Crippen LogP contribution in [-0.2, 0) is 0 Å². The van der Waals surface area contributed by atoms with Crippen LogP contribution in [0.4, 0.5) is 5.69 Å². The highest BCUT2D eigenvalue weighted by molar-refractivity contribution is 9.10. The summed E-state index contributed by atoms with van der Waals surface area (Å²) in [5.74, 6) is 1.12. The number of hydrogen-bond donors (Lipinski definition) is 1. The van der Waals surface area contributed by atoms with Gasteiger partial charge in [-0.2, -0.15) is 0 Å². The lowest BCUT2D eigenvalue weighted by Gasteiger charge is -1.97. The van der Waals surface area contributed by atoms with E-state index >= 15 is 0 Å². The number of benzene rings is 2. The number of aromatic nitrogens is 1. The predicted molar refractivity (Wildman–Crippen MR) is 89.1 cm³/mol. The molecule has 3 rings (SSSR count). The number of alkyl halides is 1. The van der Waals surface area contributed by atoms with Crippen molar-refractivity contribution in [3.63, 3.8) is 0 Å². The van der Waals surface area contributed by atoms with Gasteiger partial charge in [0.1, 0.15) is 11.4 Å². The number of amidine groups is 1. The molecule has 0 fully saturated rings. The van der Waals surface area contributed by atoms with E-state index in [2.05, 4.69) is 25.9 Å². The molecule has 2 aromatic carbocycles.